The van der Waals surface area contributed by atoms with Gasteiger partial charge in [0, 0.05) is 72.1 Å². The first kappa shape index (κ1) is 51.6. The van der Waals surface area contributed by atoms with Crippen molar-refractivity contribution in [1.82, 2.24) is 14.1 Å². The van der Waals surface area contributed by atoms with Gasteiger partial charge in [0.05, 0.1) is 11.0 Å². The summed E-state index contributed by atoms with van der Waals surface area (Å²) in [6.07, 6.45) is 1.93. The third-order valence-electron chi connectivity index (χ3n) is 15.5. The van der Waals surface area contributed by atoms with E-state index in [9.17, 15) is 0 Å². The van der Waals surface area contributed by atoms with E-state index < -0.39 is 0 Å². The van der Waals surface area contributed by atoms with Gasteiger partial charge in [0.25, 0.3) is 0 Å². The standard InChI is InChI=1S/C72H62N5O.Pt/c1-70(2,3)51-35-36-73-68(42-51)77-61-28-17-16-27-58(61)69-66(76-62-33-31-49(47-21-12-10-13-22-47)37-59(62)60-38-50(32-34-63(60)76)48-23-14-11-15-24-48)44-57(45-67(69)77)78-56-26-20-25-54(43-56)74-46-75(65-30-19-18-29-64(65)74)55-40-52(71(4,5)6)39-53(41-55)72(7,8)9;/h10-42,44,46H,1-9H3;/q-3;. The minimum Gasteiger partial charge on any atom is -0.509 e. The molecule has 1 aliphatic heterocycles. The number of hydrogen-bond donors (Lipinski definition) is 0. The molecule has 3 aromatic heterocycles. The Kier molecular flexibility index (Phi) is 12.8. The molecule has 12 aromatic rings. The van der Waals surface area contributed by atoms with Gasteiger partial charge in [-0.3, -0.25) is 0 Å². The van der Waals surface area contributed by atoms with E-state index >= 15 is 0 Å². The summed E-state index contributed by atoms with van der Waals surface area (Å²) in [5.74, 6) is 1.94. The van der Waals surface area contributed by atoms with Crippen molar-refractivity contribution < 1.29 is 25.8 Å². The molecule has 0 spiro atoms. The van der Waals surface area contributed by atoms with Crippen molar-refractivity contribution in [3.05, 3.63) is 242 Å². The van der Waals surface area contributed by atoms with Crippen LogP contribution in [0.4, 0.5) is 22.7 Å². The predicted molar refractivity (Wildman–Crippen MR) is 326 cm³/mol. The second-order valence-corrected chi connectivity index (χ2v) is 23.9. The minimum absolute atomic E-state index is 0. The summed E-state index contributed by atoms with van der Waals surface area (Å²) in [5.41, 5.74) is 17.5. The van der Waals surface area contributed by atoms with Crippen molar-refractivity contribution in [3.63, 3.8) is 0 Å². The zero-order chi connectivity index (χ0) is 53.7. The van der Waals surface area contributed by atoms with Crippen LogP contribution in [0.5, 0.6) is 11.5 Å². The van der Waals surface area contributed by atoms with Crippen molar-refractivity contribution in [3.8, 4) is 45.3 Å². The molecule has 79 heavy (non-hydrogen) atoms. The number of para-hydroxylation sites is 3. The Bertz CT molecular complexity index is 4160. The molecule has 0 N–H and O–H groups in total. The Balaban J connectivity index is 0.00000623. The molecule has 6 nitrogen and oxygen atoms in total. The molecule has 7 heteroatoms. The van der Waals surface area contributed by atoms with Crippen molar-refractivity contribution >= 4 is 66.4 Å². The van der Waals surface area contributed by atoms with Crippen LogP contribution in [0.25, 0.3) is 77.4 Å². The van der Waals surface area contributed by atoms with Crippen molar-refractivity contribution in [2.75, 3.05) is 9.80 Å². The number of aromatic nitrogens is 3. The van der Waals surface area contributed by atoms with Gasteiger partial charge in [-0.2, -0.15) is 6.07 Å². The van der Waals surface area contributed by atoms with E-state index in [1.165, 1.54) is 27.8 Å². The van der Waals surface area contributed by atoms with Crippen molar-refractivity contribution in [1.29, 1.82) is 0 Å². The normalized spacial score (nSPS) is 12.9. The maximum atomic E-state index is 7.16. The Morgan fingerprint density at radius 2 is 0.975 bits per heavy atom. The monoisotopic (exact) mass is 1210 g/mol. The third kappa shape index (κ3) is 9.30. The number of fused-ring (bicyclic) bond motifs is 7. The zero-order valence-corrected chi connectivity index (χ0v) is 48.4. The number of rotatable bonds is 8. The van der Waals surface area contributed by atoms with Gasteiger partial charge in [0.1, 0.15) is 5.82 Å². The van der Waals surface area contributed by atoms with Gasteiger partial charge in [-0.15, -0.1) is 42.7 Å². The van der Waals surface area contributed by atoms with Gasteiger partial charge in [0.15, 0.2) is 0 Å². The van der Waals surface area contributed by atoms with E-state index in [1.807, 2.05) is 12.3 Å². The molecule has 13 rings (SSSR count). The Labute approximate surface area is 478 Å². The quantitative estimate of drug-likeness (QED) is 0.142. The van der Waals surface area contributed by atoms with Crippen molar-refractivity contribution in [2.24, 2.45) is 0 Å². The number of benzene rings is 9. The zero-order valence-electron chi connectivity index (χ0n) is 46.2. The molecule has 0 saturated carbocycles. The van der Waals surface area contributed by atoms with Crippen LogP contribution in [0.1, 0.15) is 79.0 Å². The smallest absolute Gasteiger partial charge is 0.135 e. The van der Waals surface area contributed by atoms with Crippen LogP contribution in [-0.2, 0) is 37.3 Å². The number of ether oxygens (including phenoxy) is 1. The molecule has 0 radical (unpaired) electrons. The minimum atomic E-state index is -0.100. The molecule has 0 bridgehead atoms. The summed E-state index contributed by atoms with van der Waals surface area (Å²) >= 11 is 0. The second-order valence-electron chi connectivity index (χ2n) is 23.9. The Morgan fingerprint density at radius 3 is 1.58 bits per heavy atom. The first-order valence-electron chi connectivity index (χ1n) is 27.1. The third-order valence-corrected chi connectivity index (χ3v) is 15.5. The summed E-state index contributed by atoms with van der Waals surface area (Å²) < 4.78 is 11.8. The Hall–Kier alpha value is -8.18. The molecule has 0 fully saturated rings. The molecule has 394 valence electrons. The number of anilines is 4. The fourth-order valence-corrected chi connectivity index (χ4v) is 11.2. The number of pyridine rings is 1. The van der Waals surface area contributed by atoms with E-state index in [0.29, 0.717) is 11.5 Å². The molecule has 0 amide bonds. The van der Waals surface area contributed by atoms with Gasteiger partial charge in [0.2, 0.25) is 0 Å². The molecule has 0 aliphatic carbocycles. The number of hydrogen-bond acceptors (Lipinski definition) is 4. The van der Waals surface area contributed by atoms with Gasteiger partial charge in [-0.05, 0) is 133 Å². The van der Waals surface area contributed by atoms with Crippen LogP contribution in [0.2, 0.25) is 0 Å². The molecule has 0 unspecified atom stereocenters. The fraction of sp³-hybridized carbons (Fsp3) is 0.167. The number of nitrogens with zero attached hydrogens (tertiary/aromatic N) is 5. The fourth-order valence-electron chi connectivity index (χ4n) is 11.2. The molecule has 0 saturated heterocycles. The molecule has 9 aromatic carbocycles. The van der Waals surface area contributed by atoms with Gasteiger partial charge < -0.3 is 23.7 Å². The summed E-state index contributed by atoms with van der Waals surface area (Å²) in [7, 11) is 0. The van der Waals surface area contributed by atoms with Gasteiger partial charge >= 0.3 is 0 Å². The van der Waals surface area contributed by atoms with Gasteiger partial charge in [-0.25, -0.2) is 4.98 Å². The van der Waals surface area contributed by atoms with Crippen LogP contribution < -0.4 is 14.5 Å². The molecule has 0 atom stereocenters. The summed E-state index contributed by atoms with van der Waals surface area (Å²) in [5, 5.41) is 4.46. The summed E-state index contributed by atoms with van der Waals surface area (Å²) in [4.78, 5) is 9.62. The predicted octanol–water partition coefficient (Wildman–Crippen LogP) is 19.3. The van der Waals surface area contributed by atoms with E-state index in [1.54, 1.807) is 0 Å². The average Bonchev–Trinajstić information content (AvgIpc) is 3.72. The van der Waals surface area contributed by atoms with Crippen LogP contribution >= 0.6 is 0 Å². The maximum absolute atomic E-state index is 7.16. The van der Waals surface area contributed by atoms with Crippen LogP contribution in [-0.4, -0.2) is 14.1 Å². The van der Waals surface area contributed by atoms with E-state index in [4.69, 9.17) is 9.72 Å². The first-order chi connectivity index (χ1) is 37.5. The van der Waals surface area contributed by atoms with Crippen LogP contribution in [0, 0.1) is 18.8 Å². The maximum Gasteiger partial charge on any atom is 0.135 e. The van der Waals surface area contributed by atoms with Gasteiger partial charge in [-0.1, -0.05) is 182 Å². The van der Waals surface area contributed by atoms with Crippen molar-refractivity contribution in [2.45, 2.75) is 78.6 Å². The topological polar surface area (TPSA) is 38.5 Å². The van der Waals surface area contributed by atoms with Crippen LogP contribution in [0.15, 0.2) is 206 Å². The first-order valence-corrected chi connectivity index (χ1v) is 27.1. The Morgan fingerprint density at radius 1 is 0.418 bits per heavy atom. The largest absolute Gasteiger partial charge is 0.509 e. The van der Waals surface area contributed by atoms with Crippen LogP contribution in [0.3, 0.4) is 0 Å². The average molecular weight is 1210 g/mol. The molecular formula is C72H62N5OPt-3. The molecular weight excluding hydrogens is 1150 g/mol. The summed E-state index contributed by atoms with van der Waals surface area (Å²) in [6.45, 7) is 22.7. The van der Waals surface area contributed by atoms with E-state index in [-0.39, 0.29) is 37.3 Å². The SMILES string of the molecule is CC(C)(C)c1cc(N2[CH-]N(c3[c-]c(Oc4[c-]c5c(c(-n6c7ccc(-c8ccccc8)cc7c7cc(-c8ccccc8)ccc76)c4)c4ccccc4n5-c4cc(C(C)(C)C)ccn4)ccc3)c3ccccc32)cc(C(C)(C)C)c1.[Pt]. The van der Waals surface area contributed by atoms with E-state index in [2.05, 4.69) is 294 Å². The second kappa shape index (κ2) is 19.6. The molecule has 1 aliphatic rings. The van der Waals surface area contributed by atoms with E-state index in [0.717, 1.165) is 89.0 Å². The molecule has 4 heterocycles. The summed E-state index contributed by atoms with van der Waals surface area (Å²) in [6, 6.07) is 79.6.